The van der Waals surface area contributed by atoms with E-state index < -0.39 is 97.2 Å². The minimum atomic E-state index is -2.39. The molecule has 86 heavy (non-hydrogen) atoms. The third kappa shape index (κ3) is 17.7. The van der Waals surface area contributed by atoms with Gasteiger partial charge in [-0.3, -0.25) is 9.59 Å². The van der Waals surface area contributed by atoms with Crippen molar-refractivity contribution < 1.29 is 70.9 Å². The molecule has 1 unspecified atom stereocenters. The van der Waals surface area contributed by atoms with Gasteiger partial charge in [0.25, 0.3) is 0 Å². The van der Waals surface area contributed by atoms with Crippen LogP contribution in [0.15, 0.2) is 59.3 Å². The number of methoxy groups -OCH3 is 2. The quantitative estimate of drug-likeness (QED) is 0.0561. The summed E-state index contributed by atoms with van der Waals surface area (Å²) < 4.78 is 80.1. The Morgan fingerprint density at radius 1 is 0.860 bits per heavy atom. The summed E-state index contributed by atoms with van der Waals surface area (Å²) in [5.41, 5.74) is 0.642. The molecule has 1 aliphatic carbocycles. The highest BCUT2D eigenvalue weighted by Crippen LogP contribution is 2.49. The van der Waals surface area contributed by atoms with Crippen LogP contribution in [-0.4, -0.2) is 166 Å². The van der Waals surface area contributed by atoms with Gasteiger partial charge in [-0.1, -0.05) is 132 Å². The van der Waals surface area contributed by atoms with Gasteiger partial charge in [-0.05, 0) is 112 Å². The van der Waals surface area contributed by atoms with Crippen molar-refractivity contribution >= 4 is 36.6 Å². The molecule has 5 aliphatic heterocycles. The lowest BCUT2D eigenvalue weighted by molar-refractivity contribution is -0.317. The number of hydrogen-bond donors (Lipinski definition) is 2. The molecule has 5 heterocycles. The summed E-state index contributed by atoms with van der Waals surface area (Å²) in [4.78, 5) is 26.9. The molecule has 20 atom stereocenters. The highest BCUT2D eigenvalue weighted by Gasteiger charge is 2.61. The standard InChI is InChI=1S/C67H117NO15Si3/c1-25-41(2)58-44(5)31-32-66(81-58)39-50(68-48(9)69)36-51(80-66)30-29-43(4)57(78-55-37-53(72-16)60(46(7)76-55)79-56-38-54(73-17)61(47(8)77-56)83-86(23,24)65(13,14)15)42(3)27-26-28-49-40-75-62-59(82-85(21,22)64(10,11)12)45(6)35-52(67(49,62)71)63(70)74-33-34-84(18,19)20/h26-29,31-32,35,41-42,44,46-47,50-62,71H,25,30,33-34,36-40H2,1-24H3,(H,68,69)/b27-26+,43-29+,49-28+/t41?,42-,44-,46-,47-,50+,51+,52-,53-,54-,55-,56-,57-,58+,59+,60-,61-,62+,66+,67+/m0/s1. The van der Waals surface area contributed by atoms with Gasteiger partial charge >= 0.3 is 5.97 Å². The molecule has 0 saturated carbocycles. The summed E-state index contributed by atoms with van der Waals surface area (Å²) >= 11 is 0. The second-order valence-corrected chi connectivity index (χ2v) is 45.6. The van der Waals surface area contributed by atoms with Gasteiger partial charge < -0.3 is 66.6 Å². The highest BCUT2D eigenvalue weighted by molar-refractivity contribution is 6.76. The van der Waals surface area contributed by atoms with Gasteiger partial charge in [0, 0.05) is 66.4 Å². The highest BCUT2D eigenvalue weighted by atomic mass is 28.4. The second-order valence-electron chi connectivity index (χ2n) is 30.5. The number of nitrogens with one attached hydrogen (secondary N) is 1. The van der Waals surface area contributed by atoms with Crippen LogP contribution < -0.4 is 5.32 Å². The maximum absolute atomic E-state index is 14.3. The van der Waals surface area contributed by atoms with E-state index in [0.717, 1.165) is 23.6 Å². The van der Waals surface area contributed by atoms with Crippen molar-refractivity contribution in [3.8, 4) is 0 Å². The molecule has 0 aromatic heterocycles. The number of fused-ring (bicyclic) bond motifs is 1. The lowest BCUT2D eigenvalue weighted by Crippen LogP contribution is -2.60. The molecular weight excluding hydrogens is 1140 g/mol. The summed E-state index contributed by atoms with van der Waals surface area (Å²) in [6.07, 6.45) is 12.1. The molecule has 0 bridgehead atoms. The van der Waals surface area contributed by atoms with E-state index in [-0.39, 0.29) is 71.0 Å². The number of hydrogen-bond acceptors (Lipinski definition) is 15. The largest absolute Gasteiger partial charge is 0.465 e. The summed E-state index contributed by atoms with van der Waals surface area (Å²) in [5.74, 6) is -2.27. The Kier molecular flexibility index (Phi) is 24.7. The van der Waals surface area contributed by atoms with Crippen molar-refractivity contribution in [1.82, 2.24) is 5.32 Å². The third-order valence-corrected chi connectivity index (χ3v) is 30.8. The Bertz CT molecular complexity index is 2430. The number of aliphatic hydroxyl groups is 1. The molecule has 19 heteroatoms. The fourth-order valence-electron chi connectivity index (χ4n) is 12.5. The van der Waals surface area contributed by atoms with Gasteiger partial charge in [0.2, 0.25) is 5.91 Å². The van der Waals surface area contributed by atoms with E-state index in [1.165, 1.54) is 0 Å². The number of carbonyl (C=O) groups excluding carboxylic acids is 2. The third-order valence-electron chi connectivity index (χ3n) is 20.2. The smallest absolute Gasteiger partial charge is 0.316 e. The Labute approximate surface area is 522 Å². The van der Waals surface area contributed by atoms with E-state index in [0.29, 0.717) is 50.2 Å². The van der Waals surface area contributed by atoms with Gasteiger partial charge in [-0.15, -0.1) is 0 Å². The Balaban J connectivity index is 1.30. The first kappa shape index (κ1) is 72.9. The molecule has 1 spiro atoms. The lowest BCUT2D eigenvalue weighted by Gasteiger charge is -2.48. The topological polar surface area (TPSA) is 177 Å². The van der Waals surface area contributed by atoms with Crippen LogP contribution in [-0.2, 0) is 65.8 Å². The van der Waals surface area contributed by atoms with E-state index >= 15 is 0 Å². The van der Waals surface area contributed by atoms with Gasteiger partial charge in [-0.25, -0.2) is 0 Å². The van der Waals surface area contributed by atoms with Gasteiger partial charge in [0.05, 0.1) is 68.1 Å². The Morgan fingerprint density at radius 3 is 2.07 bits per heavy atom. The normalized spacial score (nSPS) is 36.7. The molecule has 16 nitrogen and oxygen atoms in total. The Hall–Kier alpha value is -2.19. The van der Waals surface area contributed by atoms with E-state index in [9.17, 15) is 14.7 Å². The van der Waals surface area contributed by atoms with Crippen LogP contribution in [0.25, 0.3) is 0 Å². The molecule has 0 aromatic carbocycles. The van der Waals surface area contributed by atoms with Crippen molar-refractivity contribution in [2.75, 3.05) is 27.4 Å². The number of ether oxygens (including phenoxy) is 10. The van der Waals surface area contributed by atoms with Crippen LogP contribution >= 0.6 is 0 Å². The molecule has 2 N–H and O–H groups in total. The average molecular weight is 1260 g/mol. The van der Waals surface area contributed by atoms with E-state index in [2.05, 4.69) is 152 Å². The number of rotatable bonds is 23. The first-order valence-electron chi connectivity index (χ1n) is 32.4. The monoisotopic (exact) mass is 1260 g/mol. The first-order valence-corrected chi connectivity index (χ1v) is 41.9. The predicted molar refractivity (Wildman–Crippen MR) is 346 cm³/mol. The fourth-order valence-corrected chi connectivity index (χ4v) is 15.9. The zero-order chi connectivity index (χ0) is 64.3. The van der Waals surface area contributed by atoms with E-state index in [4.69, 9.17) is 56.2 Å². The minimum absolute atomic E-state index is 0.0186. The SMILES string of the molecule is CCC(C)[C@H]1O[C@]2(C=C[C@@H]1C)C[C@H](NC(C)=O)C[C@@H](C/C=C(\C)[C@@H](O[C@H]1C[C@H](OC)[C@@H](O[C@H]3C[C@H](OC)[C@@H](O[Si](C)(C)C(C)(C)C)[C@H](C)O3)[C@H](C)O1)[C@@H](C)/C=C/C=C1\CO[C@@H]3[C@H](O[Si](C)(C)C(C)(C)C)C(C)=C[C@@H](C(=O)OCC[Si](C)(C)C)[C@]13O)O2. The van der Waals surface area contributed by atoms with Crippen LogP contribution in [0.1, 0.15) is 142 Å². The zero-order valence-corrected chi connectivity index (χ0v) is 60.5. The summed E-state index contributed by atoms with van der Waals surface area (Å²) in [5, 5.41) is 16.3. The maximum atomic E-state index is 14.3. The first-order chi connectivity index (χ1) is 39.8. The molecule has 0 radical (unpaired) electrons. The second kappa shape index (κ2) is 29.2. The average Bonchev–Trinajstić information content (AvgIpc) is 1.49. The van der Waals surface area contributed by atoms with Gasteiger partial charge in [-0.2, -0.15) is 0 Å². The Morgan fingerprint density at radius 2 is 1.47 bits per heavy atom. The summed E-state index contributed by atoms with van der Waals surface area (Å²) in [7, 11) is -2.64. The van der Waals surface area contributed by atoms with Crippen molar-refractivity contribution in [3.63, 3.8) is 0 Å². The molecule has 6 rings (SSSR count). The van der Waals surface area contributed by atoms with Gasteiger partial charge in [0.15, 0.2) is 35.0 Å². The van der Waals surface area contributed by atoms with Crippen LogP contribution in [0.5, 0.6) is 0 Å². The van der Waals surface area contributed by atoms with Crippen molar-refractivity contribution in [2.45, 2.75) is 301 Å². The number of esters is 1. The van der Waals surface area contributed by atoms with Gasteiger partial charge in [0.1, 0.15) is 23.7 Å². The van der Waals surface area contributed by atoms with Crippen LogP contribution in [0.4, 0.5) is 0 Å². The van der Waals surface area contributed by atoms with Crippen LogP contribution in [0.2, 0.25) is 61.9 Å². The number of carbonyl (C=O) groups is 2. The summed E-state index contributed by atoms with van der Waals surface area (Å²) in [6, 6.07) is 0.651. The van der Waals surface area contributed by atoms with E-state index in [1.807, 2.05) is 39.0 Å². The molecule has 4 saturated heterocycles. The van der Waals surface area contributed by atoms with Crippen molar-refractivity contribution in [1.29, 1.82) is 0 Å². The summed E-state index contributed by atoms with van der Waals surface area (Å²) in [6.45, 7) is 47.6. The minimum Gasteiger partial charge on any atom is -0.465 e. The van der Waals surface area contributed by atoms with Crippen molar-refractivity contribution in [2.24, 2.45) is 23.7 Å². The molecule has 1 amide bonds. The zero-order valence-electron chi connectivity index (χ0n) is 57.5. The fraction of sp³-hybridized carbons (Fsp3) is 0.821. The van der Waals surface area contributed by atoms with Crippen LogP contribution in [0, 0.1) is 23.7 Å². The molecular formula is C67H117NO15Si3. The lowest BCUT2D eigenvalue weighted by atomic mass is 9.71. The van der Waals surface area contributed by atoms with Crippen molar-refractivity contribution in [3.05, 3.63) is 59.3 Å². The number of amides is 1. The molecule has 4 fully saturated rings. The molecule has 492 valence electrons. The van der Waals surface area contributed by atoms with Crippen LogP contribution in [0.3, 0.4) is 0 Å². The molecule has 0 aromatic rings. The van der Waals surface area contributed by atoms with E-state index in [1.54, 1.807) is 21.1 Å². The number of allylic oxidation sites excluding steroid dienone is 2. The maximum Gasteiger partial charge on any atom is 0.316 e. The molecule has 6 aliphatic rings. The predicted octanol–water partition coefficient (Wildman–Crippen LogP) is 12.9.